The van der Waals surface area contributed by atoms with Crippen LogP contribution in [0, 0.1) is 0 Å². The summed E-state index contributed by atoms with van der Waals surface area (Å²) in [6, 6.07) is 0. The number of allylic oxidation sites excluding steroid dienone is 22. The van der Waals surface area contributed by atoms with Crippen molar-refractivity contribution in [2.75, 3.05) is 47.5 Å². The molecule has 0 aliphatic carbocycles. The first kappa shape index (κ1) is 64.2. The summed E-state index contributed by atoms with van der Waals surface area (Å²) in [7, 11) is 1.10. The van der Waals surface area contributed by atoms with Gasteiger partial charge in [-0.1, -0.05) is 192 Å². The van der Waals surface area contributed by atoms with Crippen LogP contribution in [0.2, 0.25) is 0 Å². The Bertz CT molecular complexity index is 1610. The van der Waals surface area contributed by atoms with Crippen molar-refractivity contribution in [1.82, 2.24) is 0 Å². The maximum absolute atomic E-state index is 12.7. The monoisotopic (exact) mass is 964 g/mol. The highest BCUT2D eigenvalue weighted by Gasteiger charge is 2.21. The third-order valence-electron chi connectivity index (χ3n) is 10.2. The summed E-state index contributed by atoms with van der Waals surface area (Å²) in [6.07, 6.45) is 69.4. The second-order valence-corrected chi connectivity index (χ2v) is 19.2. The number of likely N-dealkylation sites (N-methyl/N-ethyl adjacent to an activating group) is 1. The van der Waals surface area contributed by atoms with E-state index in [-0.39, 0.29) is 26.1 Å². The van der Waals surface area contributed by atoms with E-state index in [2.05, 4.69) is 135 Å². The van der Waals surface area contributed by atoms with Gasteiger partial charge in [-0.3, -0.25) is 14.2 Å². The topological polar surface area (TPSA) is 111 Å². The van der Waals surface area contributed by atoms with Crippen molar-refractivity contribution in [3.63, 3.8) is 0 Å². The molecule has 0 saturated carbocycles. The smallest absolute Gasteiger partial charge is 0.306 e. The molecule has 0 spiro atoms. The summed E-state index contributed by atoms with van der Waals surface area (Å²) in [5.74, 6) is -0.949. The van der Waals surface area contributed by atoms with Gasteiger partial charge in [-0.2, -0.15) is 0 Å². The van der Waals surface area contributed by atoms with Gasteiger partial charge in [0.05, 0.1) is 27.7 Å². The largest absolute Gasteiger partial charge is 0.756 e. The van der Waals surface area contributed by atoms with Crippen LogP contribution >= 0.6 is 7.82 Å². The van der Waals surface area contributed by atoms with Crippen molar-refractivity contribution < 1.29 is 42.1 Å². The van der Waals surface area contributed by atoms with E-state index in [1.807, 2.05) is 33.3 Å². The van der Waals surface area contributed by atoms with Gasteiger partial charge in [0.25, 0.3) is 7.82 Å². The maximum Gasteiger partial charge on any atom is 0.306 e. The standard InChI is InChI=1S/C58H94NO8P/c1-6-8-10-12-14-16-18-20-21-22-23-24-25-26-27-28-29-30-31-32-33-34-35-36-37-39-41-43-45-47-49-51-58(61)67-56(55-66-68(62,63)65-53-52-59(3,4)5)54-64-57(60)50-48-46-44-42-40-38-19-17-15-13-11-9-7-2/h8-11,14-17,20-21,23-24,26-27,29-30,32-33,38,40,44,46,56H,6-7,12-13,18-19,22,25,28,31,34-37,39,41-43,45,47-55H2,1-5H3/b10-8-,11-9-,16-14-,17-15-,21-20-,24-23-,27-26-,30-29-,33-32-,40-38-,46-44-. The van der Waals surface area contributed by atoms with Crippen molar-refractivity contribution in [1.29, 1.82) is 0 Å². The number of esters is 2. The Balaban J connectivity index is 4.25. The van der Waals surface area contributed by atoms with Crippen LogP contribution in [0.3, 0.4) is 0 Å². The Morgan fingerprint density at radius 2 is 0.824 bits per heavy atom. The van der Waals surface area contributed by atoms with Gasteiger partial charge in [0.1, 0.15) is 19.8 Å². The van der Waals surface area contributed by atoms with E-state index >= 15 is 0 Å². The van der Waals surface area contributed by atoms with E-state index in [1.54, 1.807) is 0 Å². The molecule has 0 saturated heterocycles. The fourth-order valence-corrected chi connectivity index (χ4v) is 6.96. The molecule has 0 N–H and O–H groups in total. The Hall–Kier alpha value is -3.85. The van der Waals surface area contributed by atoms with Crippen LogP contribution < -0.4 is 4.89 Å². The molecule has 9 nitrogen and oxygen atoms in total. The van der Waals surface area contributed by atoms with Crippen LogP contribution in [0.25, 0.3) is 0 Å². The normalized spacial score (nSPS) is 14.5. The van der Waals surface area contributed by atoms with E-state index in [4.69, 9.17) is 18.5 Å². The minimum absolute atomic E-state index is 0.0501. The molecule has 10 heteroatoms. The number of phosphoric ester groups is 1. The van der Waals surface area contributed by atoms with Gasteiger partial charge in [-0.15, -0.1) is 0 Å². The molecule has 0 aromatic heterocycles. The molecule has 0 bridgehead atoms. The van der Waals surface area contributed by atoms with Crippen molar-refractivity contribution in [3.05, 3.63) is 134 Å². The lowest BCUT2D eigenvalue weighted by atomic mass is 10.1. The predicted molar refractivity (Wildman–Crippen MR) is 286 cm³/mol. The second-order valence-electron chi connectivity index (χ2n) is 17.8. The van der Waals surface area contributed by atoms with Gasteiger partial charge in [-0.05, 0) is 96.3 Å². The first-order valence-corrected chi connectivity index (χ1v) is 27.4. The lowest BCUT2D eigenvalue weighted by molar-refractivity contribution is -0.870. The van der Waals surface area contributed by atoms with Crippen LogP contribution in [-0.4, -0.2) is 70.0 Å². The van der Waals surface area contributed by atoms with Gasteiger partial charge in [-0.25, -0.2) is 0 Å². The van der Waals surface area contributed by atoms with Gasteiger partial charge in [0, 0.05) is 12.8 Å². The molecule has 0 aliphatic heterocycles. The summed E-state index contributed by atoms with van der Waals surface area (Å²) >= 11 is 0. The number of unbranched alkanes of at least 4 members (excludes halogenated alkanes) is 9. The average Bonchev–Trinajstić information content (AvgIpc) is 3.30. The number of nitrogens with zero attached hydrogens (tertiary/aromatic N) is 1. The first-order chi connectivity index (χ1) is 33.0. The van der Waals surface area contributed by atoms with E-state index < -0.39 is 32.5 Å². The molecule has 0 aromatic carbocycles. The fraction of sp³-hybridized carbons (Fsp3) is 0.586. The Labute approximate surface area is 415 Å². The molecule has 2 atom stereocenters. The van der Waals surface area contributed by atoms with Gasteiger partial charge < -0.3 is 27.9 Å². The van der Waals surface area contributed by atoms with Gasteiger partial charge in [0.15, 0.2) is 6.10 Å². The van der Waals surface area contributed by atoms with E-state index in [9.17, 15) is 19.0 Å². The molecular formula is C58H94NO8P. The molecule has 0 rings (SSSR count). The second kappa shape index (κ2) is 48.2. The lowest BCUT2D eigenvalue weighted by Crippen LogP contribution is -2.37. The Morgan fingerprint density at radius 3 is 1.24 bits per heavy atom. The molecular weight excluding hydrogens is 870 g/mol. The molecule has 0 radical (unpaired) electrons. The maximum atomic E-state index is 12.7. The van der Waals surface area contributed by atoms with Crippen molar-refractivity contribution in [2.45, 2.75) is 174 Å². The fourth-order valence-electron chi connectivity index (χ4n) is 6.24. The minimum Gasteiger partial charge on any atom is -0.756 e. The lowest BCUT2D eigenvalue weighted by Gasteiger charge is -2.28. The molecule has 0 amide bonds. The first-order valence-electron chi connectivity index (χ1n) is 25.9. The number of hydrogen-bond donors (Lipinski definition) is 0. The van der Waals surface area contributed by atoms with Gasteiger partial charge >= 0.3 is 11.9 Å². The van der Waals surface area contributed by atoms with Crippen LogP contribution in [0.5, 0.6) is 0 Å². The minimum atomic E-state index is -4.66. The van der Waals surface area contributed by atoms with Crippen LogP contribution in [0.1, 0.15) is 168 Å². The summed E-state index contributed by atoms with van der Waals surface area (Å²) in [5.41, 5.74) is 0. The van der Waals surface area contributed by atoms with E-state index in [0.29, 0.717) is 23.9 Å². The number of rotatable bonds is 45. The van der Waals surface area contributed by atoms with Crippen molar-refractivity contribution >= 4 is 19.8 Å². The molecule has 68 heavy (non-hydrogen) atoms. The quantitative estimate of drug-likeness (QED) is 0.0195. The highest BCUT2D eigenvalue weighted by molar-refractivity contribution is 7.45. The summed E-state index contributed by atoms with van der Waals surface area (Å²) in [6.45, 7) is 3.88. The van der Waals surface area contributed by atoms with E-state index in [0.717, 1.165) is 96.3 Å². The third kappa shape index (κ3) is 51.5. The number of ether oxygens (including phenoxy) is 2. The zero-order chi connectivity index (χ0) is 49.9. The number of phosphoric acid groups is 1. The number of hydrogen-bond acceptors (Lipinski definition) is 8. The average molecular weight is 964 g/mol. The molecule has 0 heterocycles. The number of carbonyl (C=O) groups is 2. The zero-order valence-electron chi connectivity index (χ0n) is 43.2. The van der Waals surface area contributed by atoms with Crippen molar-refractivity contribution in [3.8, 4) is 0 Å². The van der Waals surface area contributed by atoms with Gasteiger partial charge in [0.2, 0.25) is 0 Å². The third-order valence-corrected chi connectivity index (χ3v) is 11.1. The summed E-state index contributed by atoms with van der Waals surface area (Å²) < 4.78 is 33.9. The molecule has 0 aromatic rings. The SMILES string of the molecule is CC/C=C\C/C=C\C/C=C\C/C=C\C/C=C\C/C=C\C/C=C\CCCCCCCCCCCC(=O)OC(COC(=O)CC/C=C\C/C=C\C/C=C\C/C=C\CC)COP(=O)([O-])OCC[N+](C)(C)C. The van der Waals surface area contributed by atoms with Crippen LogP contribution in [0.4, 0.5) is 0 Å². The Kier molecular flexibility index (Phi) is 45.5. The number of quaternary nitrogens is 1. The molecule has 384 valence electrons. The highest BCUT2D eigenvalue weighted by Crippen LogP contribution is 2.38. The highest BCUT2D eigenvalue weighted by atomic mass is 31.2. The number of carbonyl (C=O) groups excluding carboxylic acids is 2. The molecule has 2 unspecified atom stereocenters. The van der Waals surface area contributed by atoms with Crippen LogP contribution in [0.15, 0.2) is 134 Å². The Morgan fingerprint density at radius 1 is 0.456 bits per heavy atom. The predicted octanol–water partition coefficient (Wildman–Crippen LogP) is 15.2. The molecule has 0 aliphatic rings. The summed E-state index contributed by atoms with van der Waals surface area (Å²) in [5, 5.41) is 0. The van der Waals surface area contributed by atoms with Crippen LogP contribution in [-0.2, 0) is 32.7 Å². The summed E-state index contributed by atoms with van der Waals surface area (Å²) in [4.78, 5) is 37.6. The zero-order valence-corrected chi connectivity index (χ0v) is 44.1. The van der Waals surface area contributed by atoms with Crippen molar-refractivity contribution in [2.24, 2.45) is 0 Å². The molecule has 0 fully saturated rings. The van der Waals surface area contributed by atoms with E-state index in [1.165, 1.54) is 32.1 Å².